The Kier molecular flexibility index (Phi) is 3.72. The molecule has 0 aliphatic heterocycles. The Morgan fingerprint density at radius 1 is 1.15 bits per heavy atom. The smallest absolute Gasteiger partial charge is 0.154 e. The van der Waals surface area contributed by atoms with Crippen molar-refractivity contribution >= 4 is 5.69 Å². The van der Waals surface area contributed by atoms with Crippen LogP contribution in [0.1, 0.15) is 55.2 Å². The van der Waals surface area contributed by atoms with E-state index in [9.17, 15) is 0 Å². The first-order valence-corrected chi connectivity index (χ1v) is 7.46. The minimum absolute atomic E-state index is 0.565. The number of hydrogen-bond donors (Lipinski definition) is 1. The molecule has 2 aromatic rings. The van der Waals surface area contributed by atoms with Crippen LogP contribution in [0.15, 0.2) is 24.3 Å². The molecule has 2 N–H and O–H groups in total. The molecule has 0 saturated heterocycles. The normalized spacial score (nSPS) is 16.4. The summed E-state index contributed by atoms with van der Waals surface area (Å²) in [5.41, 5.74) is 7.75. The van der Waals surface area contributed by atoms with E-state index in [0.717, 1.165) is 23.8 Å². The fourth-order valence-electron chi connectivity index (χ4n) is 2.94. The van der Waals surface area contributed by atoms with E-state index >= 15 is 0 Å². The number of rotatable bonds is 3. The van der Waals surface area contributed by atoms with Gasteiger partial charge in [-0.2, -0.15) is 5.10 Å². The van der Waals surface area contributed by atoms with Crippen molar-refractivity contribution in [2.24, 2.45) is 7.05 Å². The first-order chi connectivity index (χ1) is 9.72. The zero-order valence-electron chi connectivity index (χ0n) is 12.0. The molecule has 1 heterocycles. The van der Waals surface area contributed by atoms with Crippen molar-refractivity contribution in [3.63, 3.8) is 0 Å². The van der Waals surface area contributed by atoms with Gasteiger partial charge in [0.05, 0.1) is 0 Å². The zero-order chi connectivity index (χ0) is 13.9. The van der Waals surface area contributed by atoms with E-state index in [1.807, 2.05) is 23.9 Å². The highest BCUT2D eigenvalue weighted by atomic mass is 15.3. The van der Waals surface area contributed by atoms with E-state index in [1.165, 1.54) is 37.7 Å². The lowest BCUT2D eigenvalue weighted by Gasteiger charge is -2.18. The molecule has 1 aliphatic rings. The van der Waals surface area contributed by atoms with E-state index in [-0.39, 0.29) is 0 Å². The van der Waals surface area contributed by atoms with Crippen molar-refractivity contribution in [2.45, 2.75) is 44.4 Å². The van der Waals surface area contributed by atoms with Gasteiger partial charge in [-0.3, -0.25) is 4.68 Å². The van der Waals surface area contributed by atoms with Gasteiger partial charge in [-0.1, -0.05) is 31.4 Å². The Balaban J connectivity index is 1.76. The largest absolute Gasteiger partial charge is 0.399 e. The second kappa shape index (κ2) is 5.65. The third-order valence-electron chi connectivity index (χ3n) is 4.18. The van der Waals surface area contributed by atoms with E-state index in [2.05, 4.69) is 17.2 Å². The summed E-state index contributed by atoms with van der Waals surface area (Å²) in [6.07, 6.45) is 7.29. The summed E-state index contributed by atoms with van der Waals surface area (Å²) in [4.78, 5) is 4.77. The molecule has 20 heavy (non-hydrogen) atoms. The average molecular weight is 270 g/mol. The molecule has 4 nitrogen and oxygen atoms in total. The molecular weight excluding hydrogens is 248 g/mol. The van der Waals surface area contributed by atoms with Crippen molar-refractivity contribution in [3.05, 3.63) is 41.5 Å². The summed E-state index contributed by atoms with van der Waals surface area (Å²) in [6, 6.07) is 8.00. The van der Waals surface area contributed by atoms with Crippen molar-refractivity contribution in [1.29, 1.82) is 0 Å². The molecule has 0 amide bonds. The summed E-state index contributed by atoms with van der Waals surface area (Å²) in [7, 11) is 1.99. The molecule has 0 radical (unpaired) electrons. The van der Waals surface area contributed by atoms with Gasteiger partial charge < -0.3 is 5.73 Å². The van der Waals surface area contributed by atoms with Crippen LogP contribution in [0.3, 0.4) is 0 Å². The average Bonchev–Trinajstić information content (AvgIpc) is 2.84. The highest BCUT2D eigenvalue weighted by Gasteiger charge is 2.20. The van der Waals surface area contributed by atoms with E-state index in [0.29, 0.717) is 5.92 Å². The van der Waals surface area contributed by atoms with Crippen LogP contribution < -0.4 is 5.73 Å². The molecule has 0 unspecified atom stereocenters. The molecule has 0 atom stereocenters. The highest BCUT2D eigenvalue weighted by molar-refractivity contribution is 5.39. The number of nitrogens with two attached hydrogens (primary N) is 1. The molecule has 1 aromatic heterocycles. The van der Waals surface area contributed by atoms with Crippen LogP contribution in [0, 0.1) is 0 Å². The summed E-state index contributed by atoms with van der Waals surface area (Å²) < 4.78 is 1.93. The number of benzene rings is 1. The Bertz CT molecular complexity index is 565. The third-order valence-corrected chi connectivity index (χ3v) is 4.18. The van der Waals surface area contributed by atoms with Gasteiger partial charge >= 0.3 is 0 Å². The molecule has 4 heteroatoms. The lowest BCUT2D eigenvalue weighted by Crippen LogP contribution is -2.06. The minimum atomic E-state index is 0.565. The minimum Gasteiger partial charge on any atom is -0.399 e. The maximum absolute atomic E-state index is 5.72. The van der Waals surface area contributed by atoms with E-state index in [1.54, 1.807) is 0 Å². The van der Waals surface area contributed by atoms with Gasteiger partial charge in [0.1, 0.15) is 5.82 Å². The van der Waals surface area contributed by atoms with Crippen LogP contribution >= 0.6 is 0 Å². The molecule has 0 bridgehead atoms. The van der Waals surface area contributed by atoms with Crippen LogP contribution in [0.2, 0.25) is 0 Å². The van der Waals surface area contributed by atoms with Crippen molar-refractivity contribution in [2.75, 3.05) is 5.73 Å². The van der Waals surface area contributed by atoms with Gasteiger partial charge in [0.25, 0.3) is 0 Å². The summed E-state index contributed by atoms with van der Waals surface area (Å²) in [5.74, 6) is 2.64. The Labute approximate surface area is 120 Å². The van der Waals surface area contributed by atoms with Crippen LogP contribution in [-0.4, -0.2) is 14.8 Å². The molecule has 1 saturated carbocycles. The van der Waals surface area contributed by atoms with Gasteiger partial charge in [-0.05, 0) is 30.5 Å². The molecule has 3 rings (SSSR count). The van der Waals surface area contributed by atoms with Crippen molar-refractivity contribution in [1.82, 2.24) is 14.8 Å². The first kappa shape index (κ1) is 13.2. The quantitative estimate of drug-likeness (QED) is 0.872. The molecule has 0 spiro atoms. The second-order valence-electron chi connectivity index (χ2n) is 5.76. The monoisotopic (exact) mass is 270 g/mol. The maximum atomic E-state index is 5.72. The SMILES string of the molecule is Cn1nc(C2CCCCC2)nc1Cc1ccc(N)cc1. The fraction of sp³-hybridized carbons (Fsp3) is 0.500. The van der Waals surface area contributed by atoms with Crippen molar-refractivity contribution < 1.29 is 0 Å². The van der Waals surface area contributed by atoms with E-state index in [4.69, 9.17) is 10.7 Å². The fourth-order valence-corrected chi connectivity index (χ4v) is 2.94. The van der Waals surface area contributed by atoms with Crippen LogP contribution in [-0.2, 0) is 13.5 Å². The molecule has 1 fully saturated rings. The van der Waals surface area contributed by atoms with Crippen LogP contribution in [0.4, 0.5) is 5.69 Å². The topological polar surface area (TPSA) is 56.7 Å². The van der Waals surface area contributed by atoms with Gasteiger partial charge in [0, 0.05) is 25.1 Å². The molecule has 106 valence electrons. The van der Waals surface area contributed by atoms with Gasteiger partial charge in [0.15, 0.2) is 5.82 Å². The summed E-state index contributed by atoms with van der Waals surface area (Å²) in [5, 5.41) is 4.63. The number of hydrogen-bond acceptors (Lipinski definition) is 3. The van der Waals surface area contributed by atoms with Crippen LogP contribution in [0.25, 0.3) is 0 Å². The Hall–Kier alpha value is -1.84. The lowest BCUT2D eigenvalue weighted by molar-refractivity contribution is 0.427. The predicted molar refractivity (Wildman–Crippen MR) is 80.5 cm³/mol. The number of aromatic nitrogens is 3. The predicted octanol–water partition coefficient (Wildman–Crippen LogP) is 3.04. The summed E-state index contributed by atoms with van der Waals surface area (Å²) >= 11 is 0. The highest BCUT2D eigenvalue weighted by Crippen LogP contribution is 2.30. The Morgan fingerprint density at radius 2 is 1.85 bits per heavy atom. The van der Waals surface area contributed by atoms with Gasteiger partial charge in [-0.25, -0.2) is 4.98 Å². The zero-order valence-corrected chi connectivity index (χ0v) is 12.0. The second-order valence-corrected chi connectivity index (χ2v) is 5.76. The number of aryl methyl sites for hydroxylation is 1. The molecule has 1 aromatic carbocycles. The van der Waals surface area contributed by atoms with E-state index < -0.39 is 0 Å². The standard InChI is InChI=1S/C16H22N4/c1-20-15(11-12-7-9-14(17)10-8-12)18-16(19-20)13-5-3-2-4-6-13/h7-10,13H,2-6,11,17H2,1H3. The van der Waals surface area contributed by atoms with Crippen molar-refractivity contribution in [3.8, 4) is 0 Å². The summed E-state index contributed by atoms with van der Waals surface area (Å²) in [6.45, 7) is 0. The maximum Gasteiger partial charge on any atom is 0.154 e. The third kappa shape index (κ3) is 2.84. The van der Waals surface area contributed by atoms with Gasteiger partial charge in [0.2, 0.25) is 0 Å². The number of nitrogens with zero attached hydrogens (tertiary/aromatic N) is 3. The lowest BCUT2D eigenvalue weighted by atomic mass is 9.89. The molecular formula is C16H22N4. The Morgan fingerprint density at radius 3 is 2.55 bits per heavy atom. The number of nitrogen functional groups attached to an aromatic ring is 1. The van der Waals surface area contributed by atoms with Crippen LogP contribution in [0.5, 0.6) is 0 Å². The molecule has 1 aliphatic carbocycles. The van der Waals surface area contributed by atoms with Gasteiger partial charge in [-0.15, -0.1) is 0 Å². The first-order valence-electron chi connectivity index (χ1n) is 7.46. The number of anilines is 1.